The molecular formula is C27H27N5O5. The molecule has 0 spiro atoms. The molecule has 190 valence electrons. The minimum atomic E-state index is -0.297. The number of amides is 1. The number of anilines is 1. The zero-order chi connectivity index (χ0) is 26.4. The normalized spacial score (nSPS) is 10.8. The summed E-state index contributed by atoms with van der Waals surface area (Å²) in [7, 11) is 4.61. The maximum atomic E-state index is 12.5. The van der Waals surface area contributed by atoms with E-state index in [1.165, 1.54) is 33.7 Å². The first-order valence-electron chi connectivity index (χ1n) is 11.3. The lowest BCUT2D eigenvalue weighted by molar-refractivity contribution is -0.111. The first kappa shape index (κ1) is 25.2. The van der Waals surface area contributed by atoms with Gasteiger partial charge in [0.15, 0.2) is 11.5 Å². The molecule has 0 saturated heterocycles. The monoisotopic (exact) mass is 501 g/mol. The fourth-order valence-electron chi connectivity index (χ4n) is 3.53. The van der Waals surface area contributed by atoms with Crippen molar-refractivity contribution in [3.8, 4) is 34.7 Å². The fourth-order valence-corrected chi connectivity index (χ4v) is 3.53. The van der Waals surface area contributed by atoms with Crippen LogP contribution in [0.25, 0.3) is 11.9 Å². The second-order valence-corrected chi connectivity index (χ2v) is 7.91. The highest BCUT2D eigenvalue weighted by molar-refractivity contribution is 6.02. The summed E-state index contributed by atoms with van der Waals surface area (Å²) in [4.78, 5) is 25.2. The van der Waals surface area contributed by atoms with Crippen molar-refractivity contribution in [3.05, 3.63) is 78.1 Å². The Labute approximate surface area is 214 Å². The lowest BCUT2D eigenvalue weighted by Gasteiger charge is -2.12. The molecule has 0 aliphatic carbocycles. The Balaban J connectivity index is 1.40. The molecule has 0 radical (unpaired) electrons. The third kappa shape index (κ3) is 5.87. The molecule has 4 rings (SSSR count). The van der Waals surface area contributed by atoms with E-state index in [1.807, 2.05) is 18.4 Å². The first-order chi connectivity index (χ1) is 17.9. The van der Waals surface area contributed by atoms with Crippen LogP contribution in [0.5, 0.6) is 28.9 Å². The quantitative estimate of drug-likeness (QED) is 0.327. The molecule has 2 aromatic carbocycles. The molecule has 0 aliphatic rings. The molecule has 0 atom stereocenters. The molecule has 1 amide bonds. The molecule has 0 unspecified atom stereocenters. The van der Waals surface area contributed by atoms with Crippen LogP contribution in [-0.2, 0) is 4.79 Å². The molecule has 0 saturated carbocycles. The molecule has 4 aromatic rings. The molecule has 10 heteroatoms. The minimum absolute atomic E-state index is 0.297. The number of rotatable bonds is 9. The van der Waals surface area contributed by atoms with Crippen LogP contribution >= 0.6 is 0 Å². The maximum absolute atomic E-state index is 12.5. The van der Waals surface area contributed by atoms with E-state index >= 15 is 0 Å². The van der Waals surface area contributed by atoms with E-state index < -0.39 is 0 Å². The third-order valence-corrected chi connectivity index (χ3v) is 5.58. The average Bonchev–Trinajstić information content (AvgIpc) is 3.25. The minimum Gasteiger partial charge on any atom is -0.493 e. The number of carbonyl (C=O) groups excluding carboxylic acids is 1. The highest BCUT2D eigenvalue weighted by atomic mass is 16.5. The third-order valence-electron chi connectivity index (χ3n) is 5.58. The van der Waals surface area contributed by atoms with Crippen LogP contribution in [0.1, 0.15) is 17.0 Å². The van der Waals surface area contributed by atoms with Crippen molar-refractivity contribution in [2.75, 3.05) is 26.6 Å². The van der Waals surface area contributed by atoms with Gasteiger partial charge < -0.3 is 24.3 Å². The highest BCUT2D eigenvalue weighted by Gasteiger charge is 2.12. The number of ether oxygens (including phenoxy) is 4. The molecular weight excluding hydrogens is 474 g/mol. The van der Waals surface area contributed by atoms with Crippen LogP contribution in [-0.4, -0.2) is 46.8 Å². The van der Waals surface area contributed by atoms with Gasteiger partial charge in [0.1, 0.15) is 24.2 Å². The summed E-state index contributed by atoms with van der Waals surface area (Å²) >= 11 is 0. The summed E-state index contributed by atoms with van der Waals surface area (Å²) in [5.74, 6) is 2.81. The molecule has 10 nitrogen and oxygen atoms in total. The van der Waals surface area contributed by atoms with Gasteiger partial charge in [-0.15, -0.1) is 0 Å². The topological polar surface area (TPSA) is 110 Å². The standard InChI is InChI=1S/C27H27N5O5/c1-17-18(2)32(16-30-17)24-14-26(29-15-28-24)37-21-9-7-20(8-10-21)31-25(33)11-6-19-12-22(34-3)27(36-5)23(13-19)35-4/h6-16H,1-5H3,(H,31,33)/b11-6+. The van der Waals surface area contributed by atoms with Crippen molar-refractivity contribution in [1.29, 1.82) is 0 Å². The van der Waals surface area contributed by atoms with Crippen LogP contribution in [0.3, 0.4) is 0 Å². The van der Waals surface area contributed by atoms with E-state index in [2.05, 4.69) is 20.3 Å². The van der Waals surface area contributed by atoms with Crippen molar-refractivity contribution in [1.82, 2.24) is 19.5 Å². The van der Waals surface area contributed by atoms with Crippen LogP contribution < -0.4 is 24.3 Å². The number of methoxy groups -OCH3 is 3. The number of nitrogens with zero attached hydrogens (tertiary/aromatic N) is 4. The van der Waals surface area contributed by atoms with Gasteiger partial charge in [0.25, 0.3) is 0 Å². The summed E-state index contributed by atoms with van der Waals surface area (Å²) in [6.45, 7) is 3.91. The second-order valence-electron chi connectivity index (χ2n) is 7.91. The van der Waals surface area contributed by atoms with Crippen LogP contribution in [0, 0.1) is 13.8 Å². The van der Waals surface area contributed by atoms with Crippen molar-refractivity contribution in [3.63, 3.8) is 0 Å². The summed E-state index contributed by atoms with van der Waals surface area (Å²) in [5.41, 5.74) is 3.25. The highest BCUT2D eigenvalue weighted by Crippen LogP contribution is 2.38. The summed E-state index contributed by atoms with van der Waals surface area (Å²) in [6.07, 6.45) is 6.24. The molecule has 1 N–H and O–H groups in total. The van der Waals surface area contributed by atoms with E-state index in [0.717, 1.165) is 17.0 Å². The number of hydrogen-bond donors (Lipinski definition) is 1. The number of benzene rings is 2. The van der Waals surface area contributed by atoms with Gasteiger partial charge in [-0.2, -0.15) is 0 Å². The van der Waals surface area contributed by atoms with Gasteiger partial charge >= 0.3 is 0 Å². The molecule has 37 heavy (non-hydrogen) atoms. The SMILES string of the molecule is COc1cc(/C=C/C(=O)Nc2ccc(Oc3cc(-n4cnc(C)c4C)ncn3)cc2)cc(OC)c1OC. The summed E-state index contributed by atoms with van der Waals surface area (Å²) in [5, 5.41) is 2.82. The largest absolute Gasteiger partial charge is 0.493 e. The number of aryl methyl sites for hydroxylation is 1. The van der Waals surface area contributed by atoms with Gasteiger partial charge in [-0.25, -0.2) is 15.0 Å². The van der Waals surface area contributed by atoms with Gasteiger partial charge in [-0.1, -0.05) is 0 Å². The number of aromatic nitrogens is 4. The van der Waals surface area contributed by atoms with Crippen molar-refractivity contribution >= 4 is 17.7 Å². The number of nitrogens with one attached hydrogen (secondary N) is 1. The summed E-state index contributed by atoms with van der Waals surface area (Å²) in [6, 6.07) is 12.2. The van der Waals surface area contributed by atoms with Crippen molar-refractivity contribution in [2.24, 2.45) is 0 Å². The van der Waals surface area contributed by atoms with Gasteiger partial charge in [0.05, 0.1) is 27.0 Å². The van der Waals surface area contributed by atoms with E-state index in [0.29, 0.717) is 40.4 Å². The van der Waals surface area contributed by atoms with Crippen LogP contribution in [0.15, 0.2) is 61.2 Å². The zero-order valence-corrected chi connectivity index (χ0v) is 21.2. The summed E-state index contributed by atoms with van der Waals surface area (Å²) < 4.78 is 23.8. The predicted molar refractivity (Wildman–Crippen MR) is 139 cm³/mol. The van der Waals surface area contributed by atoms with Gasteiger partial charge in [-0.05, 0) is 61.9 Å². The molecule has 0 fully saturated rings. The van der Waals surface area contributed by atoms with Crippen LogP contribution in [0.2, 0.25) is 0 Å². The van der Waals surface area contributed by atoms with E-state index in [4.69, 9.17) is 18.9 Å². The Hall–Kier alpha value is -4.86. The number of carbonyl (C=O) groups is 1. The van der Waals surface area contributed by atoms with Gasteiger partial charge in [0.2, 0.25) is 17.5 Å². The molecule has 2 heterocycles. The Morgan fingerprint density at radius 3 is 2.22 bits per heavy atom. The van der Waals surface area contributed by atoms with E-state index in [1.54, 1.807) is 54.9 Å². The predicted octanol–water partition coefficient (Wildman–Crippen LogP) is 4.75. The van der Waals surface area contributed by atoms with Gasteiger partial charge in [-0.3, -0.25) is 9.36 Å². The smallest absolute Gasteiger partial charge is 0.248 e. The lowest BCUT2D eigenvalue weighted by Crippen LogP contribution is -2.07. The molecule has 0 bridgehead atoms. The lowest BCUT2D eigenvalue weighted by atomic mass is 10.1. The van der Waals surface area contributed by atoms with Gasteiger partial charge in [0, 0.05) is 23.5 Å². The number of hydrogen-bond acceptors (Lipinski definition) is 8. The maximum Gasteiger partial charge on any atom is 0.248 e. The first-order valence-corrected chi connectivity index (χ1v) is 11.3. The fraction of sp³-hybridized carbons (Fsp3) is 0.185. The Kier molecular flexibility index (Phi) is 7.68. The molecule has 2 aromatic heterocycles. The Morgan fingerprint density at radius 1 is 0.919 bits per heavy atom. The Bertz CT molecular complexity index is 1400. The number of imidazole rings is 1. The second kappa shape index (κ2) is 11.3. The van der Waals surface area contributed by atoms with Crippen molar-refractivity contribution in [2.45, 2.75) is 13.8 Å². The zero-order valence-electron chi connectivity index (χ0n) is 21.2. The van der Waals surface area contributed by atoms with Crippen LogP contribution in [0.4, 0.5) is 5.69 Å². The molecule has 0 aliphatic heterocycles. The van der Waals surface area contributed by atoms with Crippen molar-refractivity contribution < 1.29 is 23.7 Å². The average molecular weight is 502 g/mol. The van der Waals surface area contributed by atoms with E-state index in [-0.39, 0.29) is 5.91 Å². The Morgan fingerprint density at radius 2 is 1.62 bits per heavy atom. The van der Waals surface area contributed by atoms with E-state index in [9.17, 15) is 4.79 Å².